The van der Waals surface area contributed by atoms with E-state index in [9.17, 15) is 0 Å². The SMILES string of the molecule is c1ccc(-c2ccc(-c3nc(-n4c5c6ccccc6ccc5c5cc6c7ccccc7n7c8ccccc8c(c54)c67)c4ccccc4n3)cc2)cc1. The molecule has 0 aliphatic carbocycles. The lowest BCUT2D eigenvalue weighted by molar-refractivity contribution is 1.08. The van der Waals surface area contributed by atoms with Crippen molar-refractivity contribution < 1.29 is 0 Å². The van der Waals surface area contributed by atoms with E-state index < -0.39 is 0 Å². The van der Waals surface area contributed by atoms with Gasteiger partial charge >= 0.3 is 0 Å². The van der Waals surface area contributed by atoms with Crippen LogP contribution in [0.2, 0.25) is 0 Å². The second kappa shape index (κ2) is 10.3. The maximum atomic E-state index is 5.54. The van der Waals surface area contributed by atoms with Gasteiger partial charge in [0.2, 0.25) is 0 Å². The predicted molar refractivity (Wildman–Crippen MR) is 217 cm³/mol. The van der Waals surface area contributed by atoms with Gasteiger partial charge in [0, 0.05) is 48.7 Å². The summed E-state index contributed by atoms with van der Waals surface area (Å²) in [5.74, 6) is 1.59. The van der Waals surface area contributed by atoms with E-state index in [0.717, 1.165) is 27.8 Å². The molecule has 0 saturated carbocycles. The van der Waals surface area contributed by atoms with Crippen molar-refractivity contribution >= 4 is 81.6 Å². The van der Waals surface area contributed by atoms with Gasteiger partial charge in [-0.05, 0) is 46.8 Å². The van der Waals surface area contributed by atoms with Crippen molar-refractivity contribution in [2.24, 2.45) is 0 Å². The summed E-state index contributed by atoms with van der Waals surface area (Å²) in [6.45, 7) is 0. The molecule has 0 aliphatic heterocycles. The highest BCUT2D eigenvalue weighted by atomic mass is 15.1. The van der Waals surface area contributed by atoms with Crippen molar-refractivity contribution in [2.45, 2.75) is 0 Å². The summed E-state index contributed by atoms with van der Waals surface area (Å²) in [6, 6.07) is 61.0. The largest absolute Gasteiger partial charge is 0.308 e. The molecule has 0 fully saturated rings. The normalized spacial score (nSPS) is 12.2. The molecule has 0 spiro atoms. The number of rotatable bonds is 3. The average Bonchev–Trinajstić information content (AvgIpc) is 3.86. The third kappa shape index (κ3) is 3.65. The Morgan fingerprint density at radius 3 is 1.81 bits per heavy atom. The Bertz CT molecular complexity index is 3390. The first-order chi connectivity index (χ1) is 25.8. The Morgan fingerprint density at radius 1 is 0.365 bits per heavy atom. The number of hydrogen-bond acceptors (Lipinski definition) is 2. The fourth-order valence-electron chi connectivity index (χ4n) is 8.78. The molecule has 0 N–H and O–H groups in total. The topological polar surface area (TPSA) is 35.1 Å². The number of fused-ring (bicyclic) bond motifs is 13. The Labute approximate surface area is 297 Å². The van der Waals surface area contributed by atoms with Gasteiger partial charge in [-0.15, -0.1) is 0 Å². The van der Waals surface area contributed by atoms with E-state index in [-0.39, 0.29) is 0 Å². The van der Waals surface area contributed by atoms with Crippen LogP contribution in [0.15, 0.2) is 170 Å². The first-order valence-electron chi connectivity index (χ1n) is 17.8. The van der Waals surface area contributed by atoms with Crippen molar-refractivity contribution in [2.75, 3.05) is 0 Å². The van der Waals surface area contributed by atoms with Gasteiger partial charge in [0.15, 0.2) is 5.82 Å². The zero-order valence-corrected chi connectivity index (χ0v) is 28.0. The van der Waals surface area contributed by atoms with Gasteiger partial charge in [0.05, 0.1) is 33.1 Å². The van der Waals surface area contributed by atoms with Crippen molar-refractivity contribution in [3.63, 3.8) is 0 Å². The second-order valence-electron chi connectivity index (χ2n) is 13.8. The molecule has 0 atom stereocenters. The van der Waals surface area contributed by atoms with E-state index in [2.05, 4.69) is 179 Å². The van der Waals surface area contributed by atoms with E-state index >= 15 is 0 Å². The first-order valence-corrected chi connectivity index (χ1v) is 17.8. The van der Waals surface area contributed by atoms with Crippen molar-refractivity contribution in [1.29, 1.82) is 0 Å². The van der Waals surface area contributed by atoms with Crippen LogP contribution in [-0.2, 0) is 0 Å². The molecule has 0 radical (unpaired) electrons. The lowest BCUT2D eigenvalue weighted by Crippen LogP contribution is -2.03. The molecule has 12 rings (SSSR count). The minimum absolute atomic E-state index is 0.704. The van der Waals surface area contributed by atoms with Crippen LogP contribution in [-0.4, -0.2) is 18.9 Å². The van der Waals surface area contributed by atoms with Crippen LogP contribution >= 0.6 is 0 Å². The lowest BCUT2D eigenvalue weighted by Gasteiger charge is -2.14. The minimum atomic E-state index is 0.704. The van der Waals surface area contributed by atoms with Crippen LogP contribution in [0.4, 0.5) is 0 Å². The summed E-state index contributed by atoms with van der Waals surface area (Å²) in [5, 5.41) is 10.9. The Kier molecular flexibility index (Phi) is 5.47. The Hall–Kier alpha value is -7.04. The van der Waals surface area contributed by atoms with Crippen LogP contribution in [0.25, 0.3) is 110 Å². The van der Waals surface area contributed by atoms with Crippen LogP contribution in [0, 0.1) is 0 Å². The van der Waals surface area contributed by atoms with Crippen molar-refractivity contribution in [3.05, 3.63) is 170 Å². The van der Waals surface area contributed by atoms with Crippen LogP contribution in [0.3, 0.4) is 0 Å². The number of aromatic nitrogens is 4. The first kappa shape index (κ1) is 27.7. The molecule has 4 nitrogen and oxygen atoms in total. The molecule has 0 aliphatic rings. The molecule has 4 heteroatoms. The standard InChI is InChI=1S/C48H28N4/c1-2-12-29(13-3-1)30-22-24-32(25-23-30)47-49-40-19-9-6-17-36(40)48(50-47)52-44-33-15-5-4-14-31(33)26-27-35(44)39-28-38-34-16-7-10-20-41(34)51-42-21-11-8-18-37(42)43(45(38)51)46(39)52/h1-28H. The molecule has 0 unspecified atom stereocenters. The van der Waals surface area contributed by atoms with Gasteiger partial charge in [0.25, 0.3) is 0 Å². The molecule has 52 heavy (non-hydrogen) atoms. The minimum Gasteiger partial charge on any atom is -0.308 e. The molecular weight excluding hydrogens is 633 g/mol. The lowest BCUT2D eigenvalue weighted by atomic mass is 10.0. The van der Waals surface area contributed by atoms with E-state index in [4.69, 9.17) is 9.97 Å². The number of benzene rings is 8. The van der Waals surface area contributed by atoms with E-state index in [1.54, 1.807) is 0 Å². The van der Waals surface area contributed by atoms with Gasteiger partial charge in [-0.2, -0.15) is 0 Å². The molecule has 240 valence electrons. The van der Waals surface area contributed by atoms with Gasteiger partial charge in [-0.25, -0.2) is 9.97 Å². The molecule has 4 heterocycles. The zero-order chi connectivity index (χ0) is 33.9. The molecule has 0 amide bonds. The van der Waals surface area contributed by atoms with E-state index in [1.807, 2.05) is 0 Å². The fraction of sp³-hybridized carbons (Fsp3) is 0. The highest BCUT2D eigenvalue weighted by molar-refractivity contribution is 6.35. The molecular formula is C48H28N4. The smallest absolute Gasteiger partial charge is 0.162 e. The quantitative estimate of drug-likeness (QED) is 0.189. The van der Waals surface area contributed by atoms with E-state index in [1.165, 1.54) is 76.3 Å². The highest BCUT2D eigenvalue weighted by Gasteiger charge is 2.26. The molecule has 12 aromatic rings. The van der Waals surface area contributed by atoms with Gasteiger partial charge in [-0.1, -0.05) is 140 Å². The van der Waals surface area contributed by atoms with Crippen LogP contribution < -0.4 is 0 Å². The number of para-hydroxylation sites is 3. The van der Waals surface area contributed by atoms with Crippen molar-refractivity contribution in [1.82, 2.24) is 18.9 Å². The number of hydrogen-bond donors (Lipinski definition) is 0. The maximum absolute atomic E-state index is 5.54. The summed E-state index contributed by atoms with van der Waals surface area (Å²) >= 11 is 0. The summed E-state index contributed by atoms with van der Waals surface area (Å²) in [6.07, 6.45) is 0. The maximum Gasteiger partial charge on any atom is 0.162 e. The van der Waals surface area contributed by atoms with Crippen molar-refractivity contribution in [3.8, 4) is 28.3 Å². The molecule has 0 bridgehead atoms. The summed E-state index contributed by atoms with van der Waals surface area (Å²) in [7, 11) is 0. The number of nitrogens with zero attached hydrogens (tertiary/aromatic N) is 4. The average molecular weight is 661 g/mol. The van der Waals surface area contributed by atoms with Gasteiger partial charge in [0.1, 0.15) is 5.82 Å². The third-order valence-corrected chi connectivity index (χ3v) is 11.0. The molecule has 4 aromatic heterocycles. The molecule has 0 saturated heterocycles. The molecule has 8 aromatic carbocycles. The Balaban J connectivity index is 1.27. The monoisotopic (exact) mass is 660 g/mol. The van der Waals surface area contributed by atoms with E-state index in [0.29, 0.717) is 5.82 Å². The summed E-state index contributed by atoms with van der Waals surface area (Å²) in [5.41, 5.74) is 10.3. The highest BCUT2D eigenvalue weighted by Crippen LogP contribution is 2.47. The van der Waals surface area contributed by atoms with Gasteiger partial charge in [-0.3, -0.25) is 4.57 Å². The van der Waals surface area contributed by atoms with Crippen LogP contribution in [0.1, 0.15) is 0 Å². The summed E-state index contributed by atoms with van der Waals surface area (Å²) < 4.78 is 4.92. The fourth-order valence-corrected chi connectivity index (χ4v) is 8.78. The second-order valence-corrected chi connectivity index (χ2v) is 13.8. The zero-order valence-electron chi connectivity index (χ0n) is 28.0. The Morgan fingerprint density at radius 2 is 0.981 bits per heavy atom. The third-order valence-electron chi connectivity index (χ3n) is 11.0. The predicted octanol–water partition coefficient (Wildman–Crippen LogP) is 12.4. The van der Waals surface area contributed by atoms with Gasteiger partial charge < -0.3 is 4.40 Å². The summed E-state index contributed by atoms with van der Waals surface area (Å²) in [4.78, 5) is 10.7. The van der Waals surface area contributed by atoms with Crippen LogP contribution in [0.5, 0.6) is 0 Å².